The van der Waals surface area contributed by atoms with Gasteiger partial charge in [0.05, 0.1) is 0 Å². The van der Waals surface area contributed by atoms with Gasteiger partial charge in [-0.25, -0.2) is 17.6 Å². The maximum absolute atomic E-state index is 13.4. The van der Waals surface area contributed by atoms with Crippen LogP contribution in [0, 0.1) is 5.92 Å². The third-order valence-electron chi connectivity index (χ3n) is 3.08. The van der Waals surface area contributed by atoms with Gasteiger partial charge in [-0.3, -0.25) is 0 Å². The molecule has 0 heterocycles. The molecule has 0 fully saturated rings. The highest BCUT2D eigenvalue weighted by molar-refractivity contribution is 4.74. The zero-order valence-electron chi connectivity index (χ0n) is 12.1. The van der Waals surface area contributed by atoms with Crippen LogP contribution >= 0.6 is 0 Å². The summed E-state index contributed by atoms with van der Waals surface area (Å²) in [5, 5.41) is 2.85. The van der Waals surface area contributed by atoms with Gasteiger partial charge in [0, 0.05) is 6.54 Å². The Morgan fingerprint density at radius 3 is 1.89 bits per heavy atom. The zero-order valence-corrected chi connectivity index (χ0v) is 12.1. The van der Waals surface area contributed by atoms with Crippen LogP contribution in [0.4, 0.5) is 17.6 Å². The Hall–Kier alpha value is -0.320. The highest BCUT2D eigenvalue weighted by Gasteiger charge is 2.23. The van der Waals surface area contributed by atoms with E-state index in [-0.39, 0.29) is 19.4 Å². The number of rotatable bonds is 11. The fourth-order valence-electron chi connectivity index (χ4n) is 1.73. The molecule has 0 aromatic rings. The fraction of sp³-hybridized carbons (Fsp3) is 1.00. The van der Waals surface area contributed by atoms with E-state index in [1.807, 2.05) is 0 Å². The molecule has 19 heavy (non-hydrogen) atoms. The van der Waals surface area contributed by atoms with E-state index in [9.17, 15) is 17.6 Å². The molecule has 0 rings (SSSR count). The van der Waals surface area contributed by atoms with Gasteiger partial charge >= 0.3 is 0 Å². The average molecular weight is 285 g/mol. The predicted molar refractivity (Wildman–Crippen MR) is 71.4 cm³/mol. The molecule has 0 aromatic heterocycles. The summed E-state index contributed by atoms with van der Waals surface area (Å²) >= 11 is 0. The molecule has 0 saturated heterocycles. The van der Waals surface area contributed by atoms with Crippen LogP contribution in [0.1, 0.15) is 46.5 Å². The van der Waals surface area contributed by atoms with Gasteiger partial charge in [0.15, 0.2) is 0 Å². The van der Waals surface area contributed by atoms with Crippen LogP contribution in [-0.4, -0.2) is 37.8 Å². The Morgan fingerprint density at radius 2 is 1.37 bits per heavy atom. The second-order valence-corrected chi connectivity index (χ2v) is 5.54. The Kier molecular flexibility index (Phi) is 10.3. The summed E-state index contributed by atoms with van der Waals surface area (Å²) in [7, 11) is 0. The molecule has 0 saturated carbocycles. The molecule has 5 heteroatoms. The van der Waals surface area contributed by atoms with Crippen LogP contribution < -0.4 is 5.32 Å². The molecule has 1 N–H and O–H groups in total. The molecule has 0 aliphatic carbocycles. The van der Waals surface area contributed by atoms with Crippen molar-refractivity contribution in [2.24, 2.45) is 5.92 Å². The van der Waals surface area contributed by atoms with Crippen molar-refractivity contribution in [2.75, 3.05) is 13.1 Å². The lowest BCUT2D eigenvalue weighted by Gasteiger charge is -2.16. The van der Waals surface area contributed by atoms with E-state index in [4.69, 9.17) is 0 Å². The van der Waals surface area contributed by atoms with Crippen LogP contribution in [0.5, 0.6) is 0 Å². The second kappa shape index (κ2) is 10.5. The molecule has 0 aliphatic heterocycles. The van der Waals surface area contributed by atoms with E-state index in [1.165, 1.54) is 0 Å². The molecule has 0 amide bonds. The Balaban J connectivity index is 3.61. The first-order valence-electron chi connectivity index (χ1n) is 7.11. The lowest BCUT2D eigenvalue weighted by Crippen LogP contribution is -2.32. The van der Waals surface area contributed by atoms with Crippen LogP contribution in [0.25, 0.3) is 0 Å². The topological polar surface area (TPSA) is 12.0 Å². The number of hydrogen-bond donors (Lipinski definition) is 1. The molecule has 0 aliphatic rings. The van der Waals surface area contributed by atoms with Crippen molar-refractivity contribution in [1.29, 1.82) is 0 Å². The van der Waals surface area contributed by atoms with E-state index in [0.717, 1.165) is 19.8 Å². The summed E-state index contributed by atoms with van der Waals surface area (Å²) in [5.74, 6) is 0.598. The molecular formula is C14H27F4N. The summed E-state index contributed by atoms with van der Waals surface area (Å²) < 4.78 is 52.1. The van der Waals surface area contributed by atoms with Gasteiger partial charge in [0.2, 0.25) is 0 Å². The first-order chi connectivity index (χ1) is 8.84. The van der Waals surface area contributed by atoms with E-state index in [1.54, 1.807) is 0 Å². The van der Waals surface area contributed by atoms with Crippen LogP contribution in [0.2, 0.25) is 0 Å². The van der Waals surface area contributed by atoms with E-state index in [0.29, 0.717) is 12.5 Å². The predicted octanol–water partition coefficient (Wildman–Crippen LogP) is 4.16. The number of nitrogens with one attached hydrogen (secondary N) is 1. The Bertz CT molecular complexity index is 212. The van der Waals surface area contributed by atoms with Gasteiger partial charge in [-0.15, -0.1) is 0 Å². The van der Waals surface area contributed by atoms with Crippen molar-refractivity contribution in [2.45, 2.75) is 71.1 Å². The Morgan fingerprint density at radius 1 is 0.789 bits per heavy atom. The number of hydrogen-bond acceptors (Lipinski definition) is 1. The molecular weight excluding hydrogens is 258 g/mol. The third kappa shape index (κ3) is 10.2. The standard InChI is InChI=1S/C14H27F4N/c1-10(2)5-4-8-19-9-14(18)13(17)7-6-12(16)11(3)15/h10-14,19H,4-9H2,1-3H3. The first-order valence-corrected chi connectivity index (χ1v) is 7.11. The van der Waals surface area contributed by atoms with Crippen molar-refractivity contribution < 1.29 is 17.6 Å². The first kappa shape index (κ1) is 18.7. The molecule has 4 atom stereocenters. The van der Waals surface area contributed by atoms with Gasteiger partial charge in [0.1, 0.15) is 24.7 Å². The lowest BCUT2D eigenvalue weighted by molar-refractivity contribution is 0.120. The normalized spacial score (nSPS) is 18.3. The SMILES string of the molecule is CC(C)CCCNCC(F)C(F)CCC(F)C(C)F. The average Bonchev–Trinajstić information content (AvgIpc) is 2.34. The van der Waals surface area contributed by atoms with E-state index < -0.39 is 24.7 Å². The van der Waals surface area contributed by atoms with Crippen molar-refractivity contribution in [3.63, 3.8) is 0 Å². The van der Waals surface area contributed by atoms with Crippen molar-refractivity contribution in [3.8, 4) is 0 Å². The van der Waals surface area contributed by atoms with Crippen molar-refractivity contribution >= 4 is 0 Å². The largest absolute Gasteiger partial charge is 0.314 e. The Labute approximate surface area is 114 Å². The molecule has 1 nitrogen and oxygen atoms in total. The monoisotopic (exact) mass is 285 g/mol. The van der Waals surface area contributed by atoms with Gasteiger partial charge in [-0.1, -0.05) is 13.8 Å². The minimum atomic E-state index is -1.73. The van der Waals surface area contributed by atoms with Crippen molar-refractivity contribution in [3.05, 3.63) is 0 Å². The highest BCUT2D eigenvalue weighted by Crippen LogP contribution is 2.16. The second-order valence-electron chi connectivity index (χ2n) is 5.54. The smallest absolute Gasteiger partial charge is 0.143 e. The maximum Gasteiger partial charge on any atom is 0.143 e. The van der Waals surface area contributed by atoms with E-state index >= 15 is 0 Å². The number of alkyl halides is 4. The highest BCUT2D eigenvalue weighted by atomic mass is 19.2. The molecule has 4 unspecified atom stereocenters. The molecule has 116 valence electrons. The summed E-state index contributed by atoms with van der Waals surface area (Å²) in [6.07, 6.45) is -5.29. The van der Waals surface area contributed by atoms with Gasteiger partial charge in [-0.2, -0.15) is 0 Å². The van der Waals surface area contributed by atoms with Gasteiger partial charge in [0.25, 0.3) is 0 Å². The molecule has 0 radical (unpaired) electrons. The summed E-state index contributed by atoms with van der Waals surface area (Å²) in [4.78, 5) is 0. The number of halogens is 4. The van der Waals surface area contributed by atoms with Gasteiger partial charge < -0.3 is 5.32 Å². The quantitative estimate of drug-likeness (QED) is 0.444. The maximum atomic E-state index is 13.4. The van der Waals surface area contributed by atoms with Gasteiger partial charge in [-0.05, 0) is 45.1 Å². The molecule has 0 aromatic carbocycles. The molecule has 0 spiro atoms. The fourth-order valence-corrected chi connectivity index (χ4v) is 1.73. The minimum absolute atomic E-state index is 0.0681. The van der Waals surface area contributed by atoms with E-state index in [2.05, 4.69) is 19.2 Å². The zero-order chi connectivity index (χ0) is 14.8. The lowest BCUT2D eigenvalue weighted by atomic mass is 10.1. The summed E-state index contributed by atoms with van der Waals surface area (Å²) in [6, 6.07) is 0. The van der Waals surface area contributed by atoms with Crippen LogP contribution in [-0.2, 0) is 0 Å². The van der Waals surface area contributed by atoms with Crippen LogP contribution in [0.15, 0.2) is 0 Å². The minimum Gasteiger partial charge on any atom is -0.314 e. The summed E-state index contributed by atoms with van der Waals surface area (Å²) in [5.41, 5.74) is 0. The summed E-state index contributed by atoms with van der Waals surface area (Å²) in [6.45, 7) is 5.88. The van der Waals surface area contributed by atoms with Crippen LogP contribution in [0.3, 0.4) is 0 Å². The van der Waals surface area contributed by atoms with Crippen molar-refractivity contribution in [1.82, 2.24) is 5.32 Å². The molecule has 0 bridgehead atoms. The third-order valence-corrected chi connectivity index (χ3v) is 3.08.